The van der Waals surface area contributed by atoms with Crippen LogP contribution in [0, 0.1) is 10.5 Å². The first-order valence-electron chi connectivity index (χ1n) is 8.03. The Morgan fingerprint density at radius 3 is 2.57 bits per heavy atom. The molecule has 144 valence electrons. The molecule has 0 fully saturated rings. The number of ether oxygens (including phenoxy) is 1. The van der Waals surface area contributed by atoms with Gasteiger partial charge in [0.2, 0.25) is 15.0 Å². The standard InChI is InChI=1S/C19H14ClIN2O4S/c1-12-3-2-4-13(9-12)11-28(25,26)19-22-10-16(20)17(23-19)18(24)27-15-7-5-14(21)6-8-15/h2-10H,11H2,1H3. The third-order valence-corrected chi connectivity index (χ3v) is 6.12. The summed E-state index contributed by atoms with van der Waals surface area (Å²) in [7, 11) is -3.87. The van der Waals surface area contributed by atoms with Gasteiger partial charge in [0.05, 0.1) is 17.0 Å². The number of rotatable bonds is 5. The van der Waals surface area contributed by atoms with E-state index in [2.05, 4.69) is 32.6 Å². The number of hydrogen-bond donors (Lipinski definition) is 0. The first-order chi connectivity index (χ1) is 13.2. The molecule has 0 aliphatic carbocycles. The molecule has 3 rings (SSSR count). The lowest BCUT2D eigenvalue weighted by molar-refractivity contribution is 0.0727. The van der Waals surface area contributed by atoms with Crippen molar-refractivity contribution in [2.45, 2.75) is 17.8 Å². The predicted octanol–water partition coefficient (Wildman–Crippen LogP) is 4.24. The van der Waals surface area contributed by atoms with Gasteiger partial charge in [-0.1, -0.05) is 41.4 Å². The first-order valence-corrected chi connectivity index (χ1v) is 11.1. The molecule has 0 amide bonds. The number of esters is 1. The second kappa shape index (κ2) is 8.54. The van der Waals surface area contributed by atoms with Crippen molar-refractivity contribution in [2.75, 3.05) is 0 Å². The lowest BCUT2D eigenvalue weighted by Crippen LogP contribution is -2.16. The van der Waals surface area contributed by atoms with Crippen LogP contribution in [0.15, 0.2) is 59.9 Å². The van der Waals surface area contributed by atoms with Crippen LogP contribution >= 0.6 is 34.2 Å². The zero-order chi connectivity index (χ0) is 20.3. The van der Waals surface area contributed by atoms with Gasteiger partial charge in [-0.3, -0.25) is 0 Å². The van der Waals surface area contributed by atoms with Crippen molar-refractivity contribution in [1.82, 2.24) is 9.97 Å². The zero-order valence-electron chi connectivity index (χ0n) is 14.6. The zero-order valence-corrected chi connectivity index (χ0v) is 18.3. The Morgan fingerprint density at radius 2 is 1.89 bits per heavy atom. The number of aromatic nitrogens is 2. The maximum Gasteiger partial charge on any atom is 0.364 e. The van der Waals surface area contributed by atoms with Gasteiger partial charge < -0.3 is 4.74 Å². The van der Waals surface area contributed by atoms with E-state index in [1.54, 1.807) is 42.5 Å². The van der Waals surface area contributed by atoms with Crippen LogP contribution in [-0.2, 0) is 15.6 Å². The number of halogens is 2. The molecule has 0 radical (unpaired) electrons. The van der Waals surface area contributed by atoms with E-state index >= 15 is 0 Å². The third kappa shape index (κ3) is 5.06. The molecule has 0 N–H and O–H groups in total. The maximum absolute atomic E-state index is 12.7. The van der Waals surface area contributed by atoms with Gasteiger partial charge in [0.25, 0.3) is 0 Å². The van der Waals surface area contributed by atoms with Crippen molar-refractivity contribution in [1.29, 1.82) is 0 Å². The number of nitrogens with zero attached hydrogens (tertiary/aromatic N) is 2. The van der Waals surface area contributed by atoms with Crippen LogP contribution in [-0.4, -0.2) is 24.4 Å². The summed E-state index contributed by atoms with van der Waals surface area (Å²) in [5, 5.41) is -0.571. The molecule has 0 spiro atoms. The second-order valence-electron chi connectivity index (χ2n) is 5.94. The van der Waals surface area contributed by atoms with Gasteiger partial charge in [0, 0.05) is 3.57 Å². The fourth-order valence-electron chi connectivity index (χ4n) is 2.39. The minimum Gasteiger partial charge on any atom is -0.422 e. The molecule has 28 heavy (non-hydrogen) atoms. The van der Waals surface area contributed by atoms with Crippen molar-refractivity contribution in [3.05, 3.63) is 80.1 Å². The fourth-order valence-corrected chi connectivity index (χ4v) is 4.11. The first kappa shape index (κ1) is 20.7. The summed E-state index contributed by atoms with van der Waals surface area (Å²) in [6.45, 7) is 1.87. The highest BCUT2D eigenvalue weighted by atomic mass is 127. The van der Waals surface area contributed by atoms with Crippen LogP contribution in [0.5, 0.6) is 5.75 Å². The quantitative estimate of drug-likeness (QED) is 0.213. The molecule has 0 aliphatic heterocycles. The highest BCUT2D eigenvalue weighted by molar-refractivity contribution is 14.1. The van der Waals surface area contributed by atoms with Gasteiger partial charge >= 0.3 is 5.97 Å². The van der Waals surface area contributed by atoms with Gasteiger partial charge in [-0.05, 0) is 59.3 Å². The lowest BCUT2D eigenvalue weighted by Gasteiger charge is -2.08. The molecular weight excluding hydrogens is 515 g/mol. The number of benzene rings is 2. The Balaban J connectivity index is 1.87. The van der Waals surface area contributed by atoms with E-state index in [0.717, 1.165) is 15.3 Å². The Morgan fingerprint density at radius 1 is 1.18 bits per heavy atom. The van der Waals surface area contributed by atoms with E-state index in [4.69, 9.17) is 16.3 Å². The van der Waals surface area contributed by atoms with E-state index in [1.807, 2.05) is 13.0 Å². The van der Waals surface area contributed by atoms with Gasteiger partial charge in [0.1, 0.15) is 5.75 Å². The molecule has 0 aliphatic rings. The van der Waals surface area contributed by atoms with Crippen LogP contribution in [0.1, 0.15) is 21.6 Å². The molecule has 0 atom stereocenters. The summed E-state index contributed by atoms with van der Waals surface area (Å²) in [4.78, 5) is 20.1. The topological polar surface area (TPSA) is 86.2 Å². The number of sulfone groups is 1. The van der Waals surface area contributed by atoms with Gasteiger partial charge in [-0.15, -0.1) is 0 Å². The molecule has 0 unspecified atom stereocenters. The molecule has 0 bridgehead atoms. The van der Waals surface area contributed by atoms with Crippen LogP contribution < -0.4 is 4.74 Å². The number of hydrogen-bond acceptors (Lipinski definition) is 6. The molecule has 0 saturated carbocycles. The molecule has 0 saturated heterocycles. The number of carbonyl (C=O) groups is 1. The molecule has 6 nitrogen and oxygen atoms in total. The number of aryl methyl sites for hydroxylation is 1. The summed E-state index contributed by atoms with van der Waals surface area (Å²) in [5.74, 6) is -0.855. The van der Waals surface area contributed by atoms with Crippen molar-refractivity contribution in [3.8, 4) is 5.75 Å². The van der Waals surface area contributed by atoms with Gasteiger partial charge in [-0.25, -0.2) is 23.2 Å². The average molecular weight is 529 g/mol. The second-order valence-corrected chi connectivity index (χ2v) is 9.48. The molecule has 2 aromatic carbocycles. The molecule has 9 heteroatoms. The minimum atomic E-state index is -3.87. The van der Waals surface area contributed by atoms with Crippen LogP contribution in [0.25, 0.3) is 0 Å². The Hall–Kier alpha value is -2.04. The van der Waals surface area contributed by atoms with Gasteiger partial charge in [-0.2, -0.15) is 0 Å². The summed E-state index contributed by atoms with van der Waals surface area (Å²) in [5.41, 5.74) is 1.23. The molecule has 1 heterocycles. The normalized spacial score (nSPS) is 11.2. The summed E-state index contributed by atoms with van der Waals surface area (Å²) >= 11 is 8.11. The van der Waals surface area contributed by atoms with E-state index in [9.17, 15) is 13.2 Å². The van der Waals surface area contributed by atoms with Gasteiger partial charge in [0.15, 0.2) is 5.69 Å². The smallest absolute Gasteiger partial charge is 0.364 e. The third-order valence-electron chi connectivity index (χ3n) is 3.66. The van der Waals surface area contributed by atoms with Crippen molar-refractivity contribution in [2.24, 2.45) is 0 Å². The minimum absolute atomic E-state index is 0.0926. The molecule has 1 aromatic heterocycles. The van der Waals surface area contributed by atoms with E-state index in [0.29, 0.717) is 11.3 Å². The Bertz CT molecular complexity index is 1130. The summed E-state index contributed by atoms with van der Waals surface area (Å²) in [6.07, 6.45) is 1.09. The number of carbonyl (C=O) groups excluding carboxylic acids is 1. The van der Waals surface area contributed by atoms with E-state index in [-0.39, 0.29) is 16.5 Å². The Labute approximate surface area is 181 Å². The Kier molecular flexibility index (Phi) is 6.31. The maximum atomic E-state index is 12.7. The van der Waals surface area contributed by atoms with Crippen molar-refractivity contribution < 1.29 is 17.9 Å². The largest absolute Gasteiger partial charge is 0.422 e. The van der Waals surface area contributed by atoms with Crippen LogP contribution in [0.3, 0.4) is 0 Å². The van der Waals surface area contributed by atoms with Crippen LogP contribution in [0.2, 0.25) is 5.02 Å². The summed E-state index contributed by atoms with van der Waals surface area (Å²) < 4.78 is 31.5. The van der Waals surface area contributed by atoms with Crippen molar-refractivity contribution >= 4 is 50.0 Å². The lowest BCUT2D eigenvalue weighted by atomic mass is 10.2. The van der Waals surface area contributed by atoms with E-state index in [1.165, 1.54) is 0 Å². The highest BCUT2D eigenvalue weighted by Gasteiger charge is 2.24. The fraction of sp³-hybridized carbons (Fsp3) is 0.105. The van der Waals surface area contributed by atoms with E-state index < -0.39 is 21.0 Å². The van der Waals surface area contributed by atoms with Crippen LogP contribution in [0.4, 0.5) is 0 Å². The highest BCUT2D eigenvalue weighted by Crippen LogP contribution is 2.21. The van der Waals surface area contributed by atoms with Crippen molar-refractivity contribution in [3.63, 3.8) is 0 Å². The SMILES string of the molecule is Cc1cccc(CS(=O)(=O)c2ncc(Cl)c(C(=O)Oc3ccc(I)cc3)n2)c1. The average Bonchev–Trinajstić information content (AvgIpc) is 2.63. The summed E-state index contributed by atoms with van der Waals surface area (Å²) in [6, 6.07) is 13.9. The molecular formula is C19H14ClIN2O4S. The molecule has 3 aromatic rings. The monoisotopic (exact) mass is 528 g/mol. The predicted molar refractivity (Wildman–Crippen MR) is 113 cm³/mol.